The van der Waals surface area contributed by atoms with E-state index >= 15 is 0 Å². The average molecular weight is 904 g/mol. The van der Waals surface area contributed by atoms with Crippen molar-refractivity contribution in [2.24, 2.45) is 0 Å². The first kappa shape index (κ1) is 37.9. The van der Waals surface area contributed by atoms with Gasteiger partial charge < -0.3 is 24.8 Å². The summed E-state index contributed by atoms with van der Waals surface area (Å²) < 4.78 is 1.01. The van der Waals surface area contributed by atoms with E-state index in [2.05, 4.69) is 185 Å². The van der Waals surface area contributed by atoms with Crippen molar-refractivity contribution in [2.45, 2.75) is 35.0 Å². The Labute approximate surface area is 330 Å². The van der Waals surface area contributed by atoms with Gasteiger partial charge in [-0.25, -0.2) is 0 Å². The van der Waals surface area contributed by atoms with Crippen LogP contribution in [0.4, 0.5) is 0 Å². The van der Waals surface area contributed by atoms with Crippen molar-refractivity contribution in [2.75, 3.05) is 0 Å². The van der Waals surface area contributed by atoms with Crippen LogP contribution in [0, 0.1) is 27.7 Å². The van der Waals surface area contributed by atoms with Crippen LogP contribution in [-0.2, 0) is 22.9 Å². The first-order valence-corrected chi connectivity index (χ1v) is 24.0. The second kappa shape index (κ2) is 16.4. The fourth-order valence-electron chi connectivity index (χ4n) is 7.71. The van der Waals surface area contributed by atoms with Crippen LogP contribution in [0.15, 0.2) is 156 Å². The van der Waals surface area contributed by atoms with Gasteiger partial charge in [0.25, 0.3) is 0 Å². The van der Waals surface area contributed by atoms with E-state index in [1.54, 1.807) is 21.8 Å². The van der Waals surface area contributed by atoms with E-state index in [1.165, 1.54) is 54.6 Å². The van der Waals surface area contributed by atoms with E-state index in [1.807, 2.05) is 0 Å². The Morgan fingerprint density at radius 1 is 0.373 bits per heavy atom. The Morgan fingerprint density at radius 3 is 0.941 bits per heavy atom. The fourth-order valence-corrected chi connectivity index (χ4v) is 23.6. The third kappa shape index (κ3) is 7.23. The van der Waals surface area contributed by atoms with Crippen LogP contribution in [-0.4, -0.2) is 0 Å². The quantitative estimate of drug-likeness (QED) is 0.153. The minimum Gasteiger partial charge on any atom is -1.00 e. The van der Waals surface area contributed by atoms with Gasteiger partial charge in [-0.3, -0.25) is 0 Å². The summed E-state index contributed by atoms with van der Waals surface area (Å²) in [6.45, 7) is 9.38. The van der Waals surface area contributed by atoms with Gasteiger partial charge in [0.2, 0.25) is 0 Å². The fraction of sp³-hybridized carbons (Fsp3) is 0.130. The van der Waals surface area contributed by atoms with Crippen molar-refractivity contribution in [3.63, 3.8) is 0 Å². The van der Waals surface area contributed by atoms with Crippen LogP contribution >= 0.6 is 15.8 Å². The van der Waals surface area contributed by atoms with Gasteiger partial charge in [-0.2, -0.15) is 0 Å². The largest absolute Gasteiger partial charge is 1.00 e. The third-order valence-corrected chi connectivity index (χ3v) is 23.6. The van der Waals surface area contributed by atoms with Crippen molar-refractivity contribution in [3.8, 4) is 0 Å². The molecular weight excluding hydrogens is 864 g/mol. The van der Waals surface area contributed by atoms with Crippen LogP contribution in [0.25, 0.3) is 12.2 Å². The summed E-state index contributed by atoms with van der Waals surface area (Å²) in [6.07, 6.45) is 5.31. The minimum atomic E-state index is -1.59. The molecule has 0 fully saturated rings. The number of fused-ring (bicyclic) bond motifs is 2. The van der Waals surface area contributed by atoms with Gasteiger partial charge in [0.05, 0.1) is 0 Å². The Morgan fingerprint density at radius 2 is 0.647 bits per heavy atom. The average Bonchev–Trinajstić information content (AvgIpc) is 3.71. The summed E-state index contributed by atoms with van der Waals surface area (Å²) in [5.41, 5.74) is 12.0. The Bertz CT molecular complexity index is 1960. The summed E-state index contributed by atoms with van der Waals surface area (Å²) in [6, 6.07) is 55.0. The zero-order valence-corrected chi connectivity index (χ0v) is 36.2. The monoisotopic (exact) mass is 904 g/mol. The van der Waals surface area contributed by atoms with Crippen molar-refractivity contribution in [3.05, 3.63) is 201 Å². The Hall–Kier alpha value is -2.89. The van der Waals surface area contributed by atoms with Gasteiger partial charge in [-0.15, -0.1) is 0 Å². The smallest absolute Gasteiger partial charge is 1.00 e. The molecule has 2 atom stereocenters. The van der Waals surface area contributed by atoms with E-state index < -0.39 is 38.7 Å². The zero-order valence-electron chi connectivity index (χ0n) is 29.3. The molecule has 6 aromatic carbocycles. The number of benzene rings is 6. The molecule has 6 aromatic rings. The summed E-state index contributed by atoms with van der Waals surface area (Å²) in [7, 11) is -1.37. The molecule has 0 bridgehead atoms. The van der Waals surface area contributed by atoms with Crippen molar-refractivity contribution < 1.29 is 47.7 Å². The summed E-state index contributed by atoms with van der Waals surface area (Å²) in [4.78, 5) is 0. The predicted octanol–water partition coefficient (Wildman–Crippen LogP) is 4.77. The molecule has 2 aliphatic carbocycles. The molecule has 51 heavy (non-hydrogen) atoms. The van der Waals surface area contributed by atoms with Crippen LogP contribution in [0.2, 0.25) is 0 Å². The van der Waals surface area contributed by atoms with Gasteiger partial charge in [0.1, 0.15) is 0 Å². The molecule has 5 heteroatoms. The molecule has 0 N–H and O–H groups in total. The zero-order chi connectivity index (χ0) is 33.5. The molecule has 2 unspecified atom stereocenters. The predicted molar refractivity (Wildman–Crippen MR) is 211 cm³/mol. The normalized spacial score (nSPS) is 15.6. The second-order valence-corrected chi connectivity index (χ2v) is 23.0. The molecule has 0 radical (unpaired) electrons. The third-order valence-electron chi connectivity index (χ3n) is 10.1. The van der Waals surface area contributed by atoms with Gasteiger partial charge >= 0.3 is 308 Å². The topological polar surface area (TPSA) is 0 Å². The maximum Gasteiger partial charge on any atom is -1.00 e. The molecule has 8 rings (SSSR count). The minimum absolute atomic E-state index is 0. The molecular formula is C46H40Cl2HfP2. The first-order chi connectivity index (χ1) is 24.0. The standard InChI is InChI=1S/2C23H20P.2ClH.Hf/c2*1-17-13-14-18(2)23-16-21(15-22(17)23)24(19-9-5-3-6-10-19)20-11-7-4-8-12-20;;;/h2*3-16H,1-2H3;2*1H;/q;;;;+2/p-2. The molecule has 0 saturated carbocycles. The number of hydrogen-bond acceptors (Lipinski definition) is 0. The van der Waals surface area contributed by atoms with Crippen LogP contribution in [0.1, 0.15) is 51.9 Å². The molecule has 0 spiro atoms. The Kier molecular flexibility index (Phi) is 12.2. The summed E-state index contributed by atoms with van der Waals surface area (Å²) in [5.74, 6) is 0. The number of halogens is 2. The van der Waals surface area contributed by atoms with Crippen LogP contribution < -0.4 is 46.0 Å². The van der Waals surface area contributed by atoms with Gasteiger partial charge in [-0.1, -0.05) is 0 Å². The van der Waals surface area contributed by atoms with Crippen molar-refractivity contribution in [1.82, 2.24) is 0 Å². The Balaban J connectivity index is 0.00000224. The van der Waals surface area contributed by atoms with E-state index in [9.17, 15) is 0 Å². The summed E-state index contributed by atoms with van der Waals surface area (Å²) >= 11 is -1.59. The summed E-state index contributed by atoms with van der Waals surface area (Å²) in [5, 5.41) is 9.17. The molecule has 0 aromatic heterocycles. The number of allylic oxidation sites excluding steroid dienone is 2. The van der Waals surface area contributed by atoms with E-state index in [-0.39, 0.29) is 24.8 Å². The van der Waals surface area contributed by atoms with Crippen LogP contribution in [0.5, 0.6) is 0 Å². The molecule has 0 saturated heterocycles. The maximum atomic E-state index is 2.65. The van der Waals surface area contributed by atoms with Crippen LogP contribution in [0.3, 0.4) is 0 Å². The van der Waals surface area contributed by atoms with Gasteiger partial charge in [0.15, 0.2) is 0 Å². The van der Waals surface area contributed by atoms with E-state index in [0.29, 0.717) is 7.35 Å². The van der Waals surface area contributed by atoms with E-state index in [4.69, 9.17) is 0 Å². The maximum absolute atomic E-state index is 2.65. The number of hydrogen-bond donors (Lipinski definition) is 0. The SMILES string of the molecule is Cc1ccc(C)c2c1C=C(P(c1ccccc1)c1ccccc1)[CH]2[Hf+2][CH]1C(P(c2ccccc2)c2ccccc2)=Cc2c(C)ccc(C)c21.[Cl-].[Cl-]. The molecule has 0 amide bonds. The van der Waals surface area contributed by atoms with E-state index in [0.717, 1.165) is 0 Å². The first-order valence-electron chi connectivity index (χ1n) is 17.2. The molecule has 2 aliphatic rings. The number of rotatable bonds is 8. The molecule has 0 nitrogen and oxygen atoms in total. The molecule has 0 heterocycles. The molecule has 0 aliphatic heterocycles. The number of aryl methyl sites for hydroxylation is 4. The van der Waals surface area contributed by atoms with Gasteiger partial charge in [-0.05, 0) is 0 Å². The van der Waals surface area contributed by atoms with Crippen molar-refractivity contribution >= 4 is 49.2 Å². The van der Waals surface area contributed by atoms with Crippen molar-refractivity contribution in [1.29, 1.82) is 0 Å². The van der Waals surface area contributed by atoms with Gasteiger partial charge in [0, 0.05) is 0 Å². The second-order valence-electron chi connectivity index (χ2n) is 13.2. The molecule has 252 valence electrons.